The summed E-state index contributed by atoms with van der Waals surface area (Å²) in [5.74, 6) is 0.581. The summed E-state index contributed by atoms with van der Waals surface area (Å²) in [6.45, 7) is 2.03. The number of amides is 1. The fourth-order valence-electron chi connectivity index (χ4n) is 2.72. The number of carbonyl (C=O) groups excluding carboxylic acids is 1. The average Bonchev–Trinajstić information content (AvgIpc) is 2.76. The van der Waals surface area contributed by atoms with Crippen LogP contribution in [-0.2, 0) is 11.3 Å². The van der Waals surface area contributed by atoms with E-state index in [0.717, 1.165) is 0 Å². The zero-order valence-electron chi connectivity index (χ0n) is 16.7. The van der Waals surface area contributed by atoms with Gasteiger partial charge in [-0.15, -0.1) is 0 Å². The van der Waals surface area contributed by atoms with Gasteiger partial charge in [-0.1, -0.05) is 0 Å². The third kappa shape index (κ3) is 5.44. The van der Waals surface area contributed by atoms with Gasteiger partial charge in [-0.3, -0.25) is 9.59 Å². The van der Waals surface area contributed by atoms with Crippen molar-refractivity contribution in [2.45, 2.75) is 19.6 Å². The molecule has 0 spiro atoms. The molecule has 0 fully saturated rings. The maximum atomic E-state index is 13.1. The van der Waals surface area contributed by atoms with Crippen molar-refractivity contribution in [3.05, 3.63) is 76.8 Å². The van der Waals surface area contributed by atoms with Crippen LogP contribution in [0.15, 0.2) is 65.5 Å². The van der Waals surface area contributed by atoms with Crippen LogP contribution in [0.25, 0.3) is 11.3 Å². The Hall–Kier alpha value is -3.68. The van der Waals surface area contributed by atoms with Gasteiger partial charge in [-0.2, -0.15) is 5.10 Å². The van der Waals surface area contributed by atoms with Crippen molar-refractivity contribution in [1.82, 2.24) is 15.1 Å². The molecule has 1 unspecified atom stereocenters. The van der Waals surface area contributed by atoms with E-state index in [4.69, 9.17) is 9.47 Å². The number of carbonyl (C=O) groups is 1. The number of methoxy groups -OCH3 is 1. The Balaban J connectivity index is 1.56. The molecular formula is C22H22FN3O4. The maximum absolute atomic E-state index is 13.1. The maximum Gasteiger partial charge on any atom is 0.266 e. The van der Waals surface area contributed by atoms with E-state index in [1.165, 1.54) is 22.9 Å². The van der Waals surface area contributed by atoms with Crippen LogP contribution in [0.3, 0.4) is 0 Å². The summed E-state index contributed by atoms with van der Waals surface area (Å²) < 4.78 is 25.0. The van der Waals surface area contributed by atoms with Crippen molar-refractivity contribution in [2.75, 3.05) is 13.7 Å². The zero-order valence-corrected chi connectivity index (χ0v) is 16.7. The fourth-order valence-corrected chi connectivity index (χ4v) is 2.72. The van der Waals surface area contributed by atoms with E-state index in [2.05, 4.69) is 10.4 Å². The van der Waals surface area contributed by atoms with Crippen molar-refractivity contribution >= 4 is 5.91 Å². The number of benzene rings is 2. The normalized spacial score (nSPS) is 11.6. The van der Waals surface area contributed by atoms with Crippen molar-refractivity contribution in [2.24, 2.45) is 0 Å². The summed E-state index contributed by atoms with van der Waals surface area (Å²) in [7, 11) is 1.57. The minimum Gasteiger partial charge on any atom is -0.497 e. The van der Waals surface area contributed by atoms with Crippen LogP contribution in [0.1, 0.15) is 6.92 Å². The number of halogens is 1. The fraction of sp³-hybridized carbons (Fsp3) is 0.227. The van der Waals surface area contributed by atoms with Gasteiger partial charge in [-0.05, 0) is 61.5 Å². The van der Waals surface area contributed by atoms with Crippen molar-refractivity contribution in [3.8, 4) is 22.8 Å². The lowest BCUT2D eigenvalue weighted by atomic mass is 10.1. The first-order chi connectivity index (χ1) is 14.5. The molecule has 2 aromatic carbocycles. The minimum absolute atomic E-state index is 0.189. The number of rotatable bonds is 8. The van der Waals surface area contributed by atoms with Gasteiger partial charge in [0.2, 0.25) is 0 Å². The Kier molecular flexibility index (Phi) is 6.79. The second kappa shape index (κ2) is 9.69. The van der Waals surface area contributed by atoms with Gasteiger partial charge in [0.15, 0.2) is 6.10 Å². The predicted molar refractivity (Wildman–Crippen MR) is 110 cm³/mol. The van der Waals surface area contributed by atoms with Gasteiger partial charge in [0.05, 0.1) is 19.3 Å². The lowest BCUT2D eigenvalue weighted by Crippen LogP contribution is -2.39. The summed E-state index contributed by atoms with van der Waals surface area (Å²) >= 11 is 0. The number of nitrogens with one attached hydrogen (secondary N) is 1. The van der Waals surface area contributed by atoms with E-state index < -0.39 is 6.10 Å². The lowest BCUT2D eigenvalue weighted by molar-refractivity contribution is -0.127. The van der Waals surface area contributed by atoms with Gasteiger partial charge >= 0.3 is 0 Å². The monoisotopic (exact) mass is 411 g/mol. The Morgan fingerprint density at radius 3 is 2.40 bits per heavy atom. The number of hydrogen-bond acceptors (Lipinski definition) is 5. The summed E-state index contributed by atoms with van der Waals surface area (Å²) in [5.41, 5.74) is 0.936. The van der Waals surface area contributed by atoms with Crippen LogP contribution in [-0.4, -0.2) is 35.4 Å². The second-order valence-electron chi connectivity index (χ2n) is 6.51. The van der Waals surface area contributed by atoms with Crippen LogP contribution < -0.4 is 20.3 Å². The molecule has 8 heteroatoms. The Morgan fingerprint density at radius 2 is 1.73 bits per heavy atom. The molecule has 30 heavy (non-hydrogen) atoms. The first-order valence-electron chi connectivity index (χ1n) is 9.39. The van der Waals surface area contributed by atoms with Gasteiger partial charge < -0.3 is 14.8 Å². The number of hydrogen-bond donors (Lipinski definition) is 1. The lowest BCUT2D eigenvalue weighted by Gasteiger charge is -2.15. The molecule has 3 rings (SSSR count). The summed E-state index contributed by atoms with van der Waals surface area (Å²) in [5, 5.41) is 7.01. The SMILES string of the molecule is COc1ccc(OC(C)C(=O)NCCn2nc(-c3ccc(F)cc3)ccc2=O)cc1. The average molecular weight is 411 g/mol. The molecule has 3 aromatic rings. The standard InChI is InChI=1S/C22H22FN3O4/c1-15(30-19-9-7-18(29-2)8-10-19)22(28)24-13-14-26-21(27)12-11-20(25-26)16-3-5-17(23)6-4-16/h3-12,15H,13-14H2,1-2H3,(H,24,28). The Bertz CT molecular complexity index is 1050. The topological polar surface area (TPSA) is 82.4 Å². The van der Waals surface area contributed by atoms with Crippen LogP contribution in [0.5, 0.6) is 11.5 Å². The van der Waals surface area contributed by atoms with Crippen LogP contribution in [0.4, 0.5) is 4.39 Å². The molecule has 0 aliphatic carbocycles. The highest BCUT2D eigenvalue weighted by atomic mass is 19.1. The van der Waals surface area contributed by atoms with Gasteiger partial charge in [-0.25, -0.2) is 9.07 Å². The van der Waals surface area contributed by atoms with Crippen molar-refractivity contribution in [1.29, 1.82) is 0 Å². The number of ether oxygens (including phenoxy) is 2. The molecular weight excluding hydrogens is 389 g/mol. The molecule has 0 aliphatic heterocycles. The highest BCUT2D eigenvalue weighted by Crippen LogP contribution is 2.18. The van der Waals surface area contributed by atoms with E-state index in [9.17, 15) is 14.0 Å². The van der Waals surface area contributed by atoms with Gasteiger partial charge in [0, 0.05) is 18.2 Å². The smallest absolute Gasteiger partial charge is 0.266 e. The molecule has 1 atom stereocenters. The first-order valence-corrected chi connectivity index (χ1v) is 9.39. The van der Waals surface area contributed by atoms with E-state index in [-0.39, 0.29) is 30.4 Å². The Labute approximate surface area is 173 Å². The minimum atomic E-state index is -0.714. The molecule has 0 bridgehead atoms. The van der Waals surface area contributed by atoms with Gasteiger partial charge in [0.25, 0.3) is 11.5 Å². The quantitative estimate of drug-likeness (QED) is 0.616. The van der Waals surface area contributed by atoms with Crippen LogP contribution >= 0.6 is 0 Å². The largest absolute Gasteiger partial charge is 0.497 e. The predicted octanol–water partition coefficient (Wildman–Crippen LogP) is 2.64. The molecule has 1 heterocycles. The molecule has 156 valence electrons. The van der Waals surface area contributed by atoms with E-state index in [1.54, 1.807) is 56.5 Å². The van der Waals surface area contributed by atoms with Crippen molar-refractivity contribution in [3.63, 3.8) is 0 Å². The first kappa shape index (κ1) is 21.0. The summed E-state index contributed by atoms with van der Waals surface area (Å²) in [4.78, 5) is 24.3. The van der Waals surface area contributed by atoms with Crippen molar-refractivity contribution < 1.29 is 18.7 Å². The van der Waals surface area contributed by atoms with Gasteiger partial charge in [0.1, 0.15) is 17.3 Å². The highest BCUT2D eigenvalue weighted by Gasteiger charge is 2.14. The molecule has 0 saturated carbocycles. The molecule has 1 aromatic heterocycles. The molecule has 1 amide bonds. The Morgan fingerprint density at radius 1 is 1.07 bits per heavy atom. The third-order valence-electron chi connectivity index (χ3n) is 4.37. The third-order valence-corrected chi connectivity index (χ3v) is 4.37. The number of aromatic nitrogens is 2. The van der Waals surface area contributed by atoms with Crippen LogP contribution in [0.2, 0.25) is 0 Å². The molecule has 0 aliphatic rings. The second-order valence-corrected chi connectivity index (χ2v) is 6.51. The van der Waals surface area contributed by atoms with E-state index >= 15 is 0 Å². The molecule has 7 nitrogen and oxygen atoms in total. The number of nitrogens with zero attached hydrogens (tertiary/aromatic N) is 2. The molecule has 0 radical (unpaired) electrons. The summed E-state index contributed by atoms with van der Waals surface area (Å²) in [6, 6.07) is 15.7. The molecule has 1 N–H and O–H groups in total. The summed E-state index contributed by atoms with van der Waals surface area (Å²) in [6.07, 6.45) is -0.714. The van der Waals surface area contributed by atoms with E-state index in [0.29, 0.717) is 22.8 Å². The zero-order chi connectivity index (χ0) is 21.5. The van der Waals surface area contributed by atoms with E-state index in [1.807, 2.05) is 0 Å². The highest BCUT2D eigenvalue weighted by molar-refractivity contribution is 5.80. The molecule has 0 saturated heterocycles. The van der Waals surface area contributed by atoms with Crippen LogP contribution in [0, 0.1) is 5.82 Å².